The molecule has 0 bridgehead atoms. The molecule has 0 aliphatic heterocycles. The first-order valence-electron chi connectivity index (χ1n) is 7.11. The van der Waals surface area contributed by atoms with Crippen molar-refractivity contribution in [2.45, 2.75) is 13.5 Å². The van der Waals surface area contributed by atoms with Gasteiger partial charge in [0.15, 0.2) is 5.65 Å². The summed E-state index contributed by atoms with van der Waals surface area (Å²) in [5.74, 6) is -0.523. The summed E-state index contributed by atoms with van der Waals surface area (Å²) in [5, 5.41) is 13.2. The number of pyridine rings is 2. The highest BCUT2D eigenvalue weighted by atomic mass is 16.5. The van der Waals surface area contributed by atoms with Crippen LogP contribution in [0.3, 0.4) is 0 Å². The maximum atomic E-state index is 12.4. The molecule has 6 heteroatoms. The smallest absolute Gasteiger partial charge is 0.298 e. The Morgan fingerprint density at radius 2 is 1.96 bits per heavy atom. The molecule has 0 radical (unpaired) electrons. The van der Waals surface area contributed by atoms with Gasteiger partial charge in [0.1, 0.15) is 5.56 Å². The minimum absolute atomic E-state index is 0.0797. The number of fused-ring (bicyclic) bond motifs is 1. The van der Waals surface area contributed by atoms with E-state index < -0.39 is 11.5 Å². The second-order valence-electron chi connectivity index (χ2n) is 5.16. The molecule has 23 heavy (non-hydrogen) atoms. The van der Waals surface area contributed by atoms with Gasteiger partial charge in [-0.2, -0.15) is 0 Å². The first-order chi connectivity index (χ1) is 11.1. The van der Waals surface area contributed by atoms with E-state index in [2.05, 4.69) is 10.3 Å². The average molecular weight is 309 g/mol. The average Bonchev–Trinajstić information content (AvgIpc) is 2.59. The fourth-order valence-electron chi connectivity index (χ4n) is 2.49. The van der Waals surface area contributed by atoms with Crippen LogP contribution in [0.1, 0.15) is 21.5 Å². The molecular weight excluding hydrogens is 294 g/mol. The van der Waals surface area contributed by atoms with E-state index in [0.717, 1.165) is 5.56 Å². The zero-order chi connectivity index (χ0) is 16.4. The summed E-state index contributed by atoms with van der Waals surface area (Å²) >= 11 is 0. The van der Waals surface area contributed by atoms with Gasteiger partial charge in [-0.05, 0) is 30.2 Å². The van der Waals surface area contributed by atoms with E-state index in [1.807, 2.05) is 30.3 Å². The topological polar surface area (TPSA) is 84.2 Å². The van der Waals surface area contributed by atoms with E-state index in [0.29, 0.717) is 22.2 Å². The molecule has 0 saturated carbocycles. The first-order valence-corrected chi connectivity index (χ1v) is 7.11. The molecule has 3 aromatic rings. The number of rotatable bonds is 3. The molecule has 3 rings (SSSR count). The number of benzene rings is 1. The van der Waals surface area contributed by atoms with E-state index in [9.17, 15) is 14.8 Å². The molecule has 0 unspecified atom stereocenters. The van der Waals surface area contributed by atoms with Crippen molar-refractivity contribution in [2.75, 3.05) is 0 Å². The Hall–Kier alpha value is -3.15. The third-order valence-electron chi connectivity index (χ3n) is 3.70. The summed E-state index contributed by atoms with van der Waals surface area (Å²) in [6.45, 7) is 1.97. The van der Waals surface area contributed by atoms with E-state index in [4.69, 9.17) is 0 Å². The highest BCUT2D eigenvalue weighted by Gasteiger charge is 2.20. The van der Waals surface area contributed by atoms with Crippen molar-refractivity contribution >= 4 is 16.9 Å². The Morgan fingerprint density at radius 1 is 1.22 bits per heavy atom. The maximum absolute atomic E-state index is 12.4. The van der Waals surface area contributed by atoms with Crippen molar-refractivity contribution in [2.24, 2.45) is 0 Å². The van der Waals surface area contributed by atoms with Crippen molar-refractivity contribution in [3.05, 3.63) is 75.7 Å². The molecule has 1 amide bonds. The lowest BCUT2D eigenvalue weighted by Gasteiger charge is -2.11. The highest BCUT2D eigenvalue weighted by molar-refractivity contribution is 5.99. The van der Waals surface area contributed by atoms with Gasteiger partial charge in [0.2, 0.25) is 0 Å². The predicted octanol–water partition coefficient (Wildman–Crippen LogP) is 1.87. The van der Waals surface area contributed by atoms with Crippen molar-refractivity contribution in [1.29, 1.82) is 0 Å². The lowest BCUT2D eigenvalue weighted by molar-refractivity contribution is 0.0943. The molecule has 0 fully saturated rings. The summed E-state index contributed by atoms with van der Waals surface area (Å²) in [6.07, 6.45) is 1.48. The van der Waals surface area contributed by atoms with Crippen LogP contribution < -0.4 is 10.9 Å². The zero-order valence-corrected chi connectivity index (χ0v) is 12.5. The summed E-state index contributed by atoms with van der Waals surface area (Å²) in [4.78, 5) is 28.6. The molecule has 0 atom stereocenters. The molecular formula is C17H15N3O3. The van der Waals surface area contributed by atoms with E-state index in [1.54, 1.807) is 19.1 Å². The predicted molar refractivity (Wildman–Crippen MR) is 85.5 cm³/mol. The standard InChI is InChI=1S/C17H15N3O3/c1-11-13-8-5-9-18-15(13)20(23)17(22)14(11)16(21)19-10-12-6-3-2-4-7-12/h2-9,23H,10H2,1H3,(H,19,21). The molecule has 2 aromatic heterocycles. The highest BCUT2D eigenvalue weighted by Crippen LogP contribution is 2.16. The van der Waals surface area contributed by atoms with Gasteiger partial charge in [0, 0.05) is 18.1 Å². The number of amides is 1. The van der Waals surface area contributed by atoms with Gasteiger partial charge in [-0.3, -0.25) is 9.59 Å². The fraction of sp³-hybridized carbons (Fsp3) is 0.118. The molecule has 0 saturated heterocycles. The Balaban J connectivity index is 1.99. The number of hydrogen-bond acceptors (Lipinski definition) is 4. The number of carbonyl (C=O) groups excluding carboxylic acids is 1. The summed E-state index contributed by atoms with van der Waals surface area (Å²) in [5.41, 5.74) is 0.692. The fourth-order valence-corrected chi connectivity index (χ4v) is 2.49. The molecule has 0 spiro atoms. The van der Waals surface area contributed by atoms with Crippen molar-refractivity contribution in [3.8, 4) is 0 Å². The van der Waals surface area contributed by atoms with Gasteiger partial charge >= 0.3 is 0 Å². The molecule has 0 aliphatic rings. The number of aryl methyl sites for hydroxylation is 1. The van der Waals surface area contributed by atoms with Crippen molar-refractivity contribution in [3.63, 3.8) is 0 Å². The maximum Gasteiger partial charge on any atom is 0.298 e. The second kappa shape index (κ2) is 5.92. The third-order valence-corrected chi connectivity index (χ3v) is 3.70. The van der Waals surface area contributed by atoms with E-state index in [-0.39, 0.29) is 11.2 Å². The van der Waals surface area contributed by atoms with E-state index >= 15 is 0 Å². The Morgan fingerprint density at radius 3 is 2.70 bits per heavy atom. The SMILES string of the molecule is Cc1c(C(=O)NCc2ccccc2)c(=O)n(O)c2ncccc12. The van der Waals surface area contributed by atoms with Crippen LogP contribution in [0.2, 0.25) is 0 Å². The summed E-state index contributed by atoms with van der Waals surface area (Å²) in [7, 11) is 0. The van der Waals surface area contributed by atoms with Crippen molar-refractivity contribution in [1.82, 2.24) is 15.0 Å². The first kappa shape index (κ1) is 14.8. The number of carbonyl (C=O) groups is 1. The monoisotopic (exact) mass is 309 g/mol. The van der Waals surface area contributed by atoms with E-state index in [1.165, 1.54) is 6.20 Å². The van der Waals surface area contributed by atoms with Crippen LogP contribution in [0.4, 0.5) is 0 Å². The Labute approximate surface area is 132 Å². The summed E-state index contributed by atoms with van der Waals surface area (Å²) in [6, 6.07) is 12.8. The Bertz CT molecular complexity index is 933. The molecule has 1 aromatic carbocycles. The van der Waals surface area contributed by atoms with Crippen LogP contribution >= 0.6 is 0 Å². The normalized spacial score (nSPS) is 10.7. The number of nitrogens with zero attached hydrogens (tertiary/aromatic N) is 2. The van der Waals surface area contributed by atoms with Gasteiger partial charge < -0.3 is 10.5 Å². The van der Waals surface area contributed by atoms with Gasteiger partial charge in [0.05, 0.1) is 0 Å². The van der Waals surface area contributed by atoms with Gasteiger partial charge in [-0.15, -0.1) is 4.73 Å². The number of aromatic nitrogens is 2. The summed E-state index contributed by atoms with van der Waals surface area (Å²) < 4.78 is 0.416. The van der Waals surface area contributed by atoms with Crippen molar-refractivity contribution < 1.29 is 10.0 Å². The molecule has 2 N–H and O–H groups in total. The number of hydrogen-bond donors (Lipinski definition) is 2. The van der Waals surface area contributed by atoms with Crippen LogP contribution in [0.25, 0.3) is 11.0 Å². The molecule has 116 valence electrons. The van der Waals surface area contributed by atoms with Gasteiger partial charge in [-0.25, -0.2) is 4.98 Å². The lowest BCUT2D eigenvalue weighted by atomic mass is 10.1. The minimum Gasteiger partial charge on any atom is -0.423 e. The van der Waals surface area contributed by atoms with Crippen LogP contribution in [0.5, 0.6) is 0 Å². The van der Waals surface area contributed by atoms with Crippen LogP contribution in [0.15, 0.2) is 53.5 Å². The third kappa shape index (κ3) is 2.66. The quantitative estimate of drug-likeness (QED) is 0.723. The molecule has 6 nitrogen and oxygen atoms in total. The largest absolute Gasteiger partial charge is 0.423 e. The number of nitrogens with one attached hydrogen (secondary N) is 1. The van der Waals surface area contributed by atoms with Gasteiger partial charge in [0.25, 0.3) is 11.5 Å². The molecule has 0 aliphatic carbocycles. The van der Waals surface area contributed by atoms with Crippen LogP contribution in [-0.2, 0) is 6.54 Å². The Kier molecular flexibility index (Phi) is 3.80. The van der Waals surface area contributed by atoms with Crippen LogP contribution in [-0.4, -0.2) is 20.8 Å². The second-order valence-corrected chi connectivity index (χ2v) is 5.16. The minimum atomic E-state index is -0.778. The molecule has 2 heterocycles. The zero-order valence-electron chi connectivity index (χ0n) is 12.5. The van der Waals surface area contributed by atoms with Crippen LogP contribution in [0, 0.1) is 6.92 Å². The van der Waals surface area contributed by atoms with Gasteiger partial charge in [-0.1, -0.05) is 30.3 Å². The lowest BCUT2D eigenvalue weighted by Crippen LogP contribution is -2.34.